The van der Waals surface area contributed by atoms with E-state index in [0.717, 1.165) is 30.8 Å². The molecule has 1 fully saturated rings. The zero-order chi connectivity index (χ0) is 22.5. The number of nitrogens with one attached hydrogen (secondary N) is 1. The molecule has 0 spiro atoms. The summed E-state index contributed by atoms with van der Waals surface area (Å²) in [5, 5.41) is 2.98. The highest BCUT2D eigenvalue weighted by Crippen LogP contribution is 2.30. The molecule has 0 aliphatic carbocycles. The number of ether oxygens (including phenoxy) is 2. The fourth-order valence-electron chi connectivity index (χ4n) is 3.80. The van der Waals surface area contributed by atoms with Gasteiger partial charge in [0.1, 0.15) is 23.1 Å². The summed E-state index contributed by atoms with van der Waals surface area (Å²) in [6.45, 7) is 1.35. The lowest BCUT2D eigenvalue weighted by molar-refractivity contribution is -0.120. The van der Waals surface area contributed by atoms with Gasteiger partial charge < -0.3 is 19.7 Å². The SMILES string of the molecule is COc1ccc(NC(=O)C2CCCN(c3ccnc(-c4ccc(F)cc4)n3)C2)c(OC)c1. The first-order chi connectivity index (χ1) is 15.6. The fraction of sp³-hybridized carbons (Fsp3) is 0.292. The summed E-state index contributed by atoms with van der Waals surface area (Å²) in [6, 6.07) is 13.2. The van der Waals surface area contributed by atoms with Crippen LogP contribution < -0.4 is 19.7 Å². The second-order valence-corrected chi connectivity index (χ2v) is 7.59. The lowest BCUT2D eigenvalue weighted by Crippen LogP contribution is -2.41. The molecular weight excluding hydrogens is 411 g/mol. The van der Waals surface area contributed by atoms with Crippen molar-refractivity contribution in [1.29, 1.82) is 0 Å². The van der Waals surface area contributed by atoms with Gasteiger partial charge in [-0.05, 0) is 55.3 Å². The van der Waals surface area contributed by atoms with E-state index >= 15 is 0 Å². The van der Waals surface area contributed by atoms with E-state index in [-0.39, 0.29) is 17.6 Å². The van der Waals surface area contributed by atoms with Crippen LogP contribution in [0.4, 0.5) is 15.9 Å². The maximum Gasteiger partial charge on any atom is 0.229 e. The second-order valence-electron chi connectivity index (χ2n) is 7.59. The number of carbonyl (C=O) groups is 1. The average Bonchev–Trinajstić information content (AvgIpc) is 2.85. The molecular formula is C24H25FN4O3. The van der Waals surface area contributed by atoms with Gasteiger partial charge in [0.25, 0.3) is 0 Å². The van der Waals surface area contributed by atoms with Gasteiger partial charge in [-0.15, -0.1) is 0 Å². The highest BCUT2D eigenvalue weighted by Gasteiger charge is 2.27. The standard InChI is InChI=1S/C24H25FN4O3/c1-31-19-9-10-20(21(14-19)32-2)27-24(30)17-4-3-13-29(15-17)22-11-12-26-23(28-22)16-5-7-18(25)8-6-16/h5-12,14,17H,3-4,13,15H2,1-2H3,(H,27,30). The van der Waals surface area contributed by atoms with Crippen LogP contribution in [0.1, 0.15) is 12.8 Å². The first-order valence-corrected chi connectivity index (χ1v) is 10.4. The number of piperidine rings is 1. The average molecular weight is 436 g/mol. The van der Waals surface area contributed by atoms with E-state index in [4.69, 9.17) is 9.47 Å². The Balaban J connectivity index is 1.47. The van der Waals surface area contributed by atoms with Crippen molar-refractivity contribution in [2.75, 3.05) is 37.5 Å². The molecule has 1 unspecified atom stereocenters. The van der Waals surface area contributed by atoms with E-state index in [2.05, 4.69) is 20.2 Å². The Morgan fingerprint density at radius 1 is 1.12 bits per heavy atom. The number of nitrogens with zero attached hydrogens (tertiary/aromatic N) is 3. The van der Waals surface area contributed by atoms with Gasteiger partial charge >= 0.3 is 0 Å². The lowest BCUT2D eigenvalue weighted by atomic mass is 9.97. The molecule has 2 heterocycles. The van der Waals surface area contributed by atoms with E-state index in [1.54, 1.807) is 50.7 Å². The quantitative estimate of drug-likeness (QED) is 0.626. The lowest BCUT2D eigenvalue weighted by Gasteiger charge is -2.33. The van der Waals surface area contributed by atoms with Gasteiger partial charge in [-0.1, -0.05) is 0 Å². The van der Waals surface area contributed by atoms with Gasteiger partial charge in [-0.2, -0.15) is 0 Å². The number of carbonyl (C=O) groups excluding carboxylic acids is 1. The molecule has 4 rings (SSSR count). The molecule has 1 aliphatic heterocycles. The molecule has 1 aromatic heterocycles. The minimum Gasteiger partial charge on any atom is -0.497 e. The van der Waals surface area contributed by atoms with E-state index < -0.39 is 0 Å². The van der Waals surface area contributed by atoms with Crippen molar-refractivity contribution in [2.24, 2.45) is 5.92 Å². The fourth-order valence-corrected chi connectivity index (χ4v) is 3.80. The number of amides is 1. The normalized spacial score (nSPS) is 15.8. The molecule has 7 nitrogen and oxygen atoms in total. The number of hydrogen-bond acceptors (Lipinski definition) is 6. The molecule has 0 radical (unpaired) electrons. The van der Waals surface area contributed by atoms with Gasteiger partial charge in [0.05, 0.1) is 25.8 Å². The maximum absolute atomic E-state index is 13.2. The van der Waals surface area contributed by atoms with E-state index in [9.17, 15) is 9.18 Å². The predicted octanol–water partition coefficient (Wildman–Crippen LogP) is 4.16. The van der Waals surface area contributed by atoms with Gasteiger partial charge in [-0.25, -0.2) is 14.4 Å². The van der Waals surface area contributed by atoms with Crippen molar-refractivity contribution in [1.82, 2.24) is 9.97 Å². The third-order valence-corrected chi connectivity index (χ3v) is 5.53. The molecule has 1 N–H and O–H groups in total. The first kappa shape index (κ1) is 21.5. The largest absolute Gasteiger partial charge is 0.497 e. The number of anilines is 2. The van der Waals surface area contributed by atoms with Gasteiger partial charge in [0, 0.05) is 30.9 Å². The monoisotopic (exact) mass is 436 g/mol. The van der Waals surface area contributed by atoms with Crippen molar-refractivity contribution < 1.29 is 18.7 Å². The van der Waals surface area contributed by atoms with Crippen LogP contribution in [0.5, 0.6) is 11.5 Å². The Morgan fingerprint density at radius 3 is 2.69 bits per heavy atom. The molecule has 0 saturated carbocycles. The first-order valence-electron chi connectivity index (χ1n) is 10.4. The number of aromatic nitrogens is 2. The molecule has 1 atom stereocenters. The van der Waals surface area contributed by atoms with Crippen molar-refractivity contribution in [2.45, 2.75) is 12.8 Å². The van der Waals surface area contributed by atoms with Crippen LogP contribution in [0.3, 0.4) is 0 Å². The minimum absolute atomic E-state index is 0.0639. The number of rotatable bonds is 6. The van der Waals surface area contributed by atoms with Crippen LogP contribution in [0.25, 0.3) is 11.4 Å². The Bertz CT molecular complexity index is 1090. The molecule has 1 saturated heterocycles. The third-order valence-electron chi connectivity index (χ3n) is 5.53. The predicted molar refractivity (Wildman–Crippen MR) is 121 cm³/mol. The molecule has 3 aromatic rings. The van der Waals surface area contributed by atoms with E-state index in [1.807, 2.05) is 6.07 Å². The Hall–Kier alpha value is -3.68. The number of methoxy groups -OCH3 is 2. The Kier molecular flexibility index (Phi) is 6.49. The highest BCUT2D eigenvalue weighted by molar-refractivity contribution is 5.94. The third kappa shape index (κ3) is 4.80. The zero-order valence-corrected chi connectivity index (χ0v) is 18.0. The van der Waals surface area contributed by atoms with E-state index in [0.29, 0.717) is 29.6 Å². The summed E-state index contributed by atoms with van der Waals surface area (Å²) in [4.78, 5) is 24.0. The number of hydrogen-bond donors (Lipinski definition) is 1. The summed E-state index contributed by atoms with van der Waals surface area (Å²) < 4.78 is 23.8. The number of benzene rings is 2. The van der Waals surface area contributed by atoms with Crippen molar-refractivity contribution >= 4 is 17.4 Å². The zero-order valence-electron chi connectivity index (χ0n) is 18.0. The molecule has 166 valence electrons. The molecule has 2 aromatic carbocycles. The van der Waals surface area contributed by atoms with E-state index in [1.165, 1.54) is 12.1 Å². The van der Waals surface area contributed by atoms with Crippen LogP contribution in [-0.2, 0) is 4.79 Å². The molecule has 1 aliphatic rings. The van der Waals surface area contributed by atoms with Crippen LogP contribution in [-0.4, -0.2) is 43.2 Å². The second kappa shape index (κ2) is 9.64. The molecule has 0 bridgehead atoms. The highest BCUT2D eigenvalue weighted by atomic mass is 19.1. The summed E-state index contributed by atoms with van der Waals surface area (Å²) in [6.07, 6.45) is 3.34. The smallest absolute Gasteiger partial charge is 0.229 e. The van der Waals surface area contributed by atoms with Crippen LogP contribution >= 0.6 is 0 Å². The topological polar surface area (TPSA) is 76.6 Å². The van der Waals surface area contributed by atoms with Crippen molar-refractivity contribution in [3.8, 4) is 22.9 Å². The van der Waals surface area contributed by atoms with Gasteiger partial charge in [-0.3, -0.25) is 4.79 Å². The summed E-state index contributed by atoms with van der Waals surface area (Å²) in [5.74, 6) is 1.92. The summed E-state index contributed by atoms with van der Waals surface area (Å²) in [5.41, 5.74) is 1.35. The summed E-state index contributed by atoms with van der Waals surface area (Å²) >= 11 is 0. The molecule has 32 heavy (non-hydrogen) atoms. The molecule has 1 amide bonds. The van der Waals surface area contributed by atoms with Crippen molar-refractivity contribution in [3.63, 3.8) is 0 Å². The van der Waals surface area contributed by atoms with Gasteiger partial charge in [0.15, 0.2) is 5.82 Å². The molecule has 8 heteroatoms. The minimum atomic E-state index is -0.303. The van der Waals surface area contributed by atoms with Gasteiger partial charge in [0.2, 0.25) is 5.91 Å². The van der Waals surface area contributed by atoms with Crippen LogP contribution in [0.15, 0.2) is 54.7 Å². The van der Waals surface area contributed by atoms with Crippen molar-refractivity contribution in [3.05, 3.63) is 60.5 Å². The maximum atomic E-state index is 13.2. The number of halogens is 1. The Morgan fingerprint density at radius 2 is 1.94 bits per heavy atom. The van der Waals surface area contributed by atoms with Crippen LogP contribution in [0, 0.1) is 11.7 Å². The Labute approximate surface area is 186 Å². The van der Waals surface area contributed by atoms with Crippen LogP contribution in [0.2, 0.25) is 0 Å². The summed E-state index contributed by atoms with van der Waals surface area (Å²) in [7, 11) is 3.14.